The highest BCUT2D eigenvalue weighted by molar-refractivity contribution is 5.95. The zero-order valence-corrected chi connectivity index (χ0v) is 10.8. The summed E-state index contributed by atoms with van der Waals surface area (Å²) in [6.07, 6.45) is 3.47. The predicted molar refractivity (Wildman–Crippen MR) is 68.8 cm³/mol. The van der Waals surface area contributed by atoms with E-state index in [1.54, 1.807) is 19.1 Å². The third-order valence-corrected chi connectivity index (χ3v) is 2.59. The van der Waals surface area contributed by atoms with Crippen LogP contribution in [0.1, 0.15) is 17.3 Å². The fourth-order valence-corrected chi connectivity index (χ4v) is 1.58. The molecule has 0 fully saturated rings. The van der Waals surface area contributed by atoms with E-state index < -0.39 is 18.2 Å². The van der Waals surface area contributed by atoms with Gasteiger partial charge in [0.25, 0.3) is 5.91 Å². The second-order valence-electron chi connectivity index (χ2n) is 4.00. The van der Waals surface area contributed by atoms with Gasteiger partial charge in [0.05, 0.1) is 0 Å². The van der Waals surface area contributed by atoms with Crippen molar-refractivity contribution in [3.8, 4) is 29.9 Å². The van der Waals surface area contributed by atoms with Gasteiger partial charge >= 0.3 is 0 Å². The Balaban J connectivity index is 2.04. The van der Waals surface area contributed by atoms with E-state index in [1.807, 2.05) is 6.07 Å². The van der Waals surface area contributed by atoms with Crippen LogP contribution in [0.4, 0.5) is 0 Å². The summed E-state index contributed by atoms with van der Waals surface area (Å²) in [5, 5.41) is 11.3. The van der Waals surface area contributed by atoms with Crippen LogP contribution in [0, 0.1) is 23.7 Å². The highest BCUT2D eigenvalue weighted by Gasteiger charge is 2.19. The van der Waals surface area contributed by atoms with E-state index in [4.69, 9.17) is 25.9 Å². The predicted octanol–water partition coefficient (Wildman–Crippen LogP) is 1.03. The number of fused-ring (bicyclic) bond motifs is 1. The maximum Gasteiger partial charge on any atom is 0.254 e. The minimum Gasteiger partial charge on any atom is -0.454 e. The smallest absolute Gasteiger partial charge is 0.254 e. The maximum absolute atomic E-state index is 12.0. The van der Waals surface area contributed by atoms with Crippen molar-refractivity contribution in [1.29, 1.82) is 5.26 Å². The lowest BCUT2D eigenvalue weighted by Gasteiger charge is -2.14. The number of carbonyl (C=O) groups excluding carboxylic acids is 1. The molecule has 1 heterocycles. The van der Waals surface area contributed by atoms with Crippen LogP contribution < -0.4 is 14.8 Å². The van der Waals surface area contributed by atoms with Crippen LogP contribution in [-0.2, 0) is 4.74 Å². The number of nitriles is 1. The highest BCUT2D eigenvalue weighted by Crippen LogP contribution is 2.32. The Labute approximate surface area is 116 Å². The van der Waals surface area contributed by atoms with Gasteiger partial charge < -0.3 is 19.5 Å². The Kier molecular flexibility index (Phi) is 4.09. The summed E-state index contributed by atoms with van der Waals surface area (Å²) in [5.41, 5.74) is 0.339. The van der Waals surface area contributed by atoms with E-state index in [0.717, 1.165) is 0 Å². The average molecular weight is 272 g/mol. The summed E-state index contributed by atoms with van der Waals surface area (Å²) < 4.78 is 15.5. The number of rotatable bonds is 4. The first-order chi connectivity index (χ1) is 9.63. The lowest BCUT2D eigenvalue weighted by Crippen LogP contribution is -2.37. The van der Waals surface area contributed by atoms with Crippen molar-refractivity contribution >= 4 is 5.91 Å². The largest absolute Gasteiger partial charge is 0.454 e. The average Bonchev–Trinajstić information content (AvgIpc) is 2.93. The Hall–Kier alpha value is -2.70. The number of carbonyl (C=O) groups is 1. The van der Waals surface area contributed by atoms with Gasteiger partial charge in [-0.15, -0.1) is 6.42 Å². The number of terminal acetylenes is 1. The van der Waals surface area contributed by atoms with Crippen molar-refractivity contribution in [2.75, 3.05) is 6.79 Å². The molecule has 1 aromatic rings. The number of nitrogens with zero attached hydrogens (tertiary/aromatic N) is 1. The van der Waals surface area contributed by atoms with Crippen molar-refractivity contribution in [3.05, 3.63) is 23.8 Å². The molecule has 1 aromatic carbocycles. The summed E-state index contributed by atoms with van der Waals surface area (Å²) in [6.45, 7) is 1.74. The third-order valence-electron chi connectivity index (χ3n) is 2.59. The zero-order valence-electron chi connectivity index (χ0n) is 10.8. The molecule has 0 saturated heterocycles. The molecule has 0 aliphatic carbocycles. The molecule has 0 spiro atoms. The van der Waals surface area contributed by atoms with Gasteiger partial charge in [0.1, 0.15) is 12.2 Å². The van der Waals surface area contributed by atoms with E-state index in [0.29, 0.717) is 17.1 Å². The minimum absolute atomic E-state index is 0.129. The van der Waals surface area contributed by atoms with Crippen LogP contribution in [-0.4, -0.2) is 25.0 Å². The van der Waals surface area contributed by atoms with E-state index in [1.165, 1.54) is 6.07 Å². The van der Waals surface area contributed by atoms with Gasteiger partial charge in [0, 0.05) is 5.56 Å². The molecular formula is C14H12N2O4. The van der Waals surface area contributed by atoms with Gasteiger partial charge in [-0.3, -0.25) is 4.79 Å². The zero-order chi connectivity index (χ0) is 14.5. The lowest BCUT2D eigenvalue weighted by atomic mass is 10.2. The monoisotopic (exact) mass is 272 g/mol. The van der Waals surface area contributed by atoms with Crippen LogP contribution in [0.25, 0.3) is 0 Å². The maximum atomic E-state index is 12.0. The van der Waals surface area contributed by atoms with Gasteiger partial charge in [-0.2, -0.15) is 5.26 Å². The van der Waals surface area contributed by atoms with Crippen molar-refractivity contribution in [1.82, 2.24) is 5.32 Å². The van der Waals surface area contributed by atoms with Crippen molar-refractivity contribution in [3.63, 3.8) is 0 Å². The first kappa shape index (κ1) is 13.7. The fraction of sp³-hybridized carbons (Fsp3) is 0.286. The van der Waals surface area contributed by atoms with Crippen molar-refractivity contribution < 1.29 is 19.0 Å². The molecular weight excluding hydrogens is 260 g/mol. The van der Waals surface area contributed by atoms with Crippen LogP contribution in [0.2, 0.25) is 0 Å². The van der Waals surface area contributed by atoms with Gasteiger partial charge in [-0.1, -0.05) is 5.92 Å². The SMILES string of the molecule is C#CC(C)OC(C#N)NC(=O)c1ccc2c(c1)OCO2. The number of hydrogen-bond acceptors (Lipinski definition) is 5. The van der Waals surface area contributed by atoms with Crippen molar-refractivity contribution in [2.24, 2.45) is 0 Å². The molecule has 2 unspecified atom stereocenters. The molecule has 0 aromatic heterocycles. The summed E-state index contributed by atoms with van der Waals surface area (Å²) in [7, 11) is 0. The number of benzene rings is 1. The molecule has 2 atom stereocenters. The summed E-state index contributed by atoms with van der Waals surface area (Å²) in [6, 6.07) is 6.55. The quantitative estimate of drug-likeness (QED) is 0.654. The standard InChI is InChI=1S/C14H12N2O4/c1-3-9(2)20-13(7-15)16-14(17)10-4-5-11-12(6-10)19-8-18-11/h1,4-6,9,13H,8H2,2H3,(H,16,17). The summed E-state index contributed by atoms with van der Waals surface area (Å²) in [4.78, 5) is 12.0. The van der Waals surface area contributed by atoms with Crippen LogP contribution >= 0.6 is 0 Å². The number of ether oxygens (including phenoxy) is 3. The fourth-order valence-electron chi connectivity index (χ4n) is 1.58. The molecule has 2 rings (SSSR count). The Bertz CT molecular complexity index is 600. The first-order valence-electron chi connectivity index (χ1n) is 5.85. The second kappa shape index (κ2) is 5.96. The molecule has 1 N–H and O–H groups in total. The number of nitrogens with one attached hydrogen (secondary N) is 1. The molecule has 102 valence electrons. The Morgan fingerprint density at radius 1 is 1.50 bits per heavy atom. The molecule has 1 amide bonds. The normalized spacial score (nSPS) is 14.8. The topological polar surface area (TPSA) is 80.6 Å². The molecule has 0 radical (unpaired) electrons. The van der Waals surface area contributed by atoms with E-state index in [2.05, 4.69) is 11.2 Å². The molecule has 0 bridgehead atoms. The van der Waals surface area contributed by atoms with Gasteiger partial charge in [-0.05, 0) is 25.1 Å². The second-order valence-corrected chi connectivity index (χ2v) is 4.00. The molecule has 6 heteroatoms. The summed E-state index contributed by atoms with van der Waals surface area (Å²) >= 11 is 0. The third kappa shape index (κ3) is 3.00. The molecule has 1 aliphatic heterocycles. The van der Waals surface area contributed by atoms with E-state index >= 15 is 0 Å². The van der Waals surface area contributed by atoms with Crippen LogP contribution in [0.3, 0.4) is 0 Å². The molecule has 6 nitrogen and oxygen atoms in total. The Morgan fingerprint density at radius 2 is 2.25 bits per heavy atom. The highest BCUT2D eigenvalue weighted by atomic mass is 16.7. The minimum atomic E-state index is -1.11. The Morgan fingerprint density at radius 3 is 2.95 bits per heavy atom. The number of hydrogen-bond donors (Lipinski definition) is 1. The van der Waals surface area contributed by atoms with Crippen LogP contribution in [0.5, 0.6) is 11.5 Å². The first-order valence-corrected chi connectivity index (χ1v) is 5.85. The van der Waals surface area contributed by atoms with Crippen LogP contribution in [0.15, 0.2) is 18.2 Å². The van der Waals surface area contributed by atoms with E-state index in [-0.39, 0.29) is 6.79 Å². The molecule has 20 heavy (non-hydrogen) atoms. The molecule has 0 saturated carbocycles. The van der Waals surface area contributed by atoms with Gasteiger partial charge in [0.2, 0.25) is 13.0 Å². The number of amides is 1. The summed E-state index contributed by atoms with van der Waals surface area (Å²) in [5.74, 6) is 2.93. The van der Waals surface area contributed by atoms with E-state index in [9.17, 15) is 4.79 Å². The molecule has 1 aliphatic rings. The lowest BCUT2D eigenvalue weighted by molar-refractivity contribution is 0.0376. The van der Waals surface area contributed by atoms with Gasteiger partial charge in [0.15, 0.2) is 11.5 Å². The van der Waals surface area contributed by atoms with Crippen molar-refractivity contribution in [2.45, 2.75) is 19.3 Å². The van der Waals surface area contributed by atoms with Gasteiger partial charge in [-0.25, -0.2) is 0 Å².